The van der Waals surface area contributed by atoms with E-state index in [2.05, 4.69) is 38.8 Å². The van der Waals surface area contributed by atoms with E-state index in [9.17, 15) is 0 Å². The molecule has 166 valence electrons. The molecule has 0 N–H and O–H groups in total. The van der Waals surface area contributed by atoms with Gasteiger partial charge in [0, 0.05) is 43.3 Å². The lowest BCUT2D eigenvalue weighted by molar-refractivity contribution is 0.168. The summed E-state index contributed by atoms with van der Waals surface area (Å²) in [5.74, 6) is 3.75. The number of anilines is 1. The molecular formula is C24H25ClN4O3. The number of ether oxygens (including phenoxy) is 3. The van der Waals surface area contributed by atoms with Crippen LogP contribution in [0.5, 0.6) is 23.1 Å². The summed E-state index contributed by atoms with van der Waals surface area (Å²) in [6, 6.07) is 15.7. The second-order valence-electron chi connectivity index (χ2n) is 8.01. The molecule has 0 aliphatic carbocycles. The van der Waals surface area contributed by atoms with Crippen LogP contribution in [0.4, 0.5) is 5.82 Å². The van der Waals surface area contributed by atoms with Crippen molar-refractivity contribution >= 4 is 17.4 Å². The van der Waals surface area contributed by atoms with Crippen LogP contribution in [0.15, 0.2) is 54.9 Å². The Morgan fingerprint density at radius 2 is 1.81 bits per heavy atom. The quantitative estimate of drug-likeness (QED) is 0.568. The van der Waals surface area contributed by atoms with Gasteiger partial charge >= 0.3 is 0 Å². The van der Waals surface area contributed by atoms with E-state index in [1.54, 1.807) is 18.5 Å². The van der Waals surface area contributed by atoms with E-state index in [1.165, 1.54) is 5.56 Å². The Labute approximate surface area is 192 Å². The molecule has 0 amide bonds. The number of halogens is 1. The summed E-state index contributed by atoms with van der Waals surface area (Å²) in [7, 11) is 0. The molecule has 0 saturated carbocycles. The van der Waals surface area contributed by atoms with Gasteiger partial charge in [0.2, 0.25) is 5.88 Å². The Kier molecular flexibility index (Phi) is 6.01. The van der Waals surface area contributed by atoms with Crippen molar-refractivity contribution in [2.45, 2.75) is 19.5 Å². The highest BCUT2D eigenvalue weighted by atomic mass is 35.5. The van der Waals surface area contributed by atoms with Gasteiger partial charge in [-0.25, -0.2) is 9.97 Å². The van der Waals surface area contributed by atoms with E-state index in [0.717, 1.165) is 43.5 Å². The standard InChI is InChI=1S/C24H25ClN4O3/c1-17-14-29(23-13-24(27-16-26-23)32-20-5-3-19(25)4-6-20)9-8-28(17)15-18-2-7-21-22(12-18)31-11-10-30-21/h2-7,12-13,16-17H,8-11,14-15H2,1H3. The van der Waals surface area contributed by atoms with Crippen LogP contribution in [-0.2, 0) is 6.54 Å². The maximum atomic E-state index is 5.95. The third kappa shape index (κ3) is 4.74. The minimum atomic E-state index is 0.368. The summed E-state index contributed by atoms with van der Waals surface area (Å²) in [4.78, 5) is 13.5. The van der Waals surface area contributed by atoms with Gasteiger partial charge in [0.05, 0.1) is 0 Å². The van der Waals surface area contributed by atoms with Gasteiger partial charge in [-0.15, -0.1) is 0 Å². The number of hydrogen-bond donors (Lipinski definition) is 0. The molecule has 5 rings (SSSR count). The lowest BCUT2D eigenvalue weighted by Crippen LogP contribution is -2.51. The molecule has 1 saturated heterocycles. The van der Waals surface area contributed by atoms with Gasteiger partial charge in [-0.05, 0) is 48.9 Å². The maximum absolute atomic E-state index is 5.95. The summed E-state index contributed by atoms with van der Waals surface area (Å²) in [6.45, 7) is 7.03. The highest BCUT2D eigenvalue weighted by Gasteiger charge is 2.25. The molecule has 3 aromatic rings. The zero-order valence-electron chi connectivity index (χ0n) is 17.9. The Morgan fingerprint density at radius 1 is 1.00 bits per heavy atom. The van der Waals surface area contributed by atoms with Gasteiger partial charge < -0.3 is 19.1 Å². The van der Waals surface area contributed by atoms with E-state index >= 15 is 0 Å². The van der Waals surface area contributed by atoms with Crippen molar-refractivity contribution < 1.29 is 14.2 Å². The first-order valence-electron chi connectivity index (χ1n) is 10.8. The highest BCUT2D eigenvalue weighted by Crippen LogP contribution is 2.32. The number of rotatable bonds is 5. The fourth-order valence-electron chi connectivity index (χ4n) is 4.04. The molecule has 1 aromatic heterocycles. The van der Waals surface area contributed by atoms with Crippen LogP contribution in [0.1, 0.15) is 12.5 Å². The van der Waals surface area contributed by atoms with Gasteiger partial charge in [0.25, 0.3) is 0 Å². The Balaban J connectivity index is 1.22. The van der Waals surface area contributed by atoms with Crippen LogP contribution < -0.4 is 19.1 Å². The highest BCUT2D eigenvalue weighted by molar-refractivity contribution is 6.30. The predicted molar refractivity (Wildman–Crippen MR) is 123 cm³/mol. The Morgan fingerprint density at radius 3 is 2.62 bits per heavy atom. The lowest BCUT2D eigenvalue weighted by Gasteiger charge is -2.40. The summed E-state index contributed by atoms with van der Waals surface area (Å²) in [5.41, 5.74) is 1.23. The monoisotopic (exact) mass is 452 g/mol. The van der Waals surface area contributed by atoms with E-state index in [-0.39, 0.29) is 0 Å². The molecule has 0 spiro atoms. The van der Waals surface area contributed by atoms with Crippen molar-refractivity contribution in [1.82, 2.24) is 14.9 Å². The van der Waals surface area contributed by atoms with E-state index in [4.69, 9.17) is 25.8 Å². The second-order valence-corrected chi connectivity index (χ2v) is 8.45. The molecule has 8 heteroatoms. The van der Waals surface area contributed by atoms with Gasteiger partial charge in [0.1, 0.15) is 31.1 Å². The zero-order valence-corrected chi connectivity index (χ0v) is 18.7. The number of piperazine rings is 1. The van der Waals surface area contributed by atoms with Crippen LogP contribution in [0.25, 0.3) is 0 Å². The van der Waals surface area contributed by atoms with Crippen LogP contribution in [0, 0.1) is 0 Å². The molecular weight excluding hydrogens is 428 g/mol. The van der Waals surface area contributed by atoms with E-state index in [1.807, 2.05) is 24.3 Å². The minimum Gasteiger partial charge on any atom is -0.486 e. The van der Waals surface area contributed by atoms with Crippen molar-refractivity contribution in [3.05, 3.63) is 65.4 Å². The number of nitrogens with zero attached hydrogens (tertiary/aromatic N) is 4. The Bertz CT molecular complexity index is 1080. The molecule has 32 heavy (non-hydrogen) atoms. The SMILES string of the molecule is CC1CN(c2cc(Oc3ccc(Cl)cc3)ncn2)CCN1Cc1ccc2c(c1)OCCO2. The predicted octanol–water partition coefficient (Wildman–Crippen LogP) is 4.40. The maximum Gasteiger partial charge on any atom is 0.224 e. The average molecular weight is 453 g/mol. The first kappa shape index (κ1) is 20.8. The van der Waals surface area contributed by atoms with Gasteiger partial charge in [-0.3, -0.25) is 4.90 Å². The second kappa shape index (κ2) is 9.22. The van der Waals surface area contributed by atoms with Crippen LogP contribution in [0.3, 0.4) is 0 Å². The van der Waals surface area contributed by atoms with Crippen molar-refractivity contribution in [1.29, 1.82) is 0 Å². The Hall–Kier alpha value is -3.03. The summed E-state index contributed by atoms with van der Waals surface area (Å²) >= 11 is 5.95. The van der Waals surface area contributed by atoms with Crippen molar-refractivity contribution in [3.8, 4) is 23.1 Å². The van der Waals surface area contributed by atoms with E-state index in [0.29, 0.717) is 35.9 Å². The first-order chi connectivity index (χ1) is 15.6. The topological polar surface area (TPSA) is 60.0 Å². The number of benzene rings is 2. The molecule has 1 atom stereocenters. The third-order valence-corrected chi connectivity index (χ3v) is 6.00. The molecule has 0 bridgehead atoms. The average Bonchev–Trinajstić information content (AvgIpc) is 2.82. The first-order valence-corrected chi connectivity index (χ1v) is 11.1. The fourth-order valence-corrected chi connectivity index (χ4v) is 4.17. The van der Waals surface area contributed by atoms with Gasteiger partial charge in [0.15, 0.2) is 11.5 Å². The fraction of sp³-hybridized carbons (Fsp3) is 0.333. The number of aromatic nitrogens is 2. The zero-order chi connectivity index (χ0) is 21.9. The normalized spacial score (nSPS) is 18.4. The molecule has 7 nitrogen and oxygen atoms in total. The van der Waals surface area contributed by atoms with Crippen molar-refractivity contribution in [2.75, 3.05) is 37.7 Å². The molecule has 2 aliphatic heterocycles. The van der Waals surface area contributed by atoms with Crippen LogP contribution in [0.2, 0.25) is 5.02 Å². The smallest absolute Gasteiger partial charge is 0.224 e. The third-order valence-electron chi connectivity index (χ3n) is 5.74. The van der Waals surface area contributed by atoms with Crippen LogP contribution in [-0.4, -0.2) is 53.8 Å². The molecule has 0 radical (unpaired) electrons. The van der Waals surface area contributed by atoms with E-state index < -0.39 is 0 Å². The van der Waals surface area contributed by atoms with Gasteiger partial charge in [-0.1, -0.05) is 17.7 Å². The van der Waals surface area contributed by atoms with Gasteiger partial charge in [-0.2, -0.15) is 0 Å². The molecule has 3 heterocycles. The summed E-state index contributed by atoms with van der Waals surface area (Å²) in [6.07, 6.45) is 1.55. The van der Waals surface area contributed by atoms with Crippen LogP contribution >= 0.6 is 11.6 Å². The largest absolute Gasteiger partial charge is 0.486 e. The number of fused-ring (bicyclic) bond motifs is 1. The summed E-state index contributed by atoms with van der Waals surface area (Å²) in [5, 5.41) is 0.670. The lowest BCUT2D eigenvalue weighted by atomic mass is 10.1. The van der Waals surface area contributed by atoms with Crippen molar-refractivity contribution in [3.63, 3.8) is 0 Å². The van der Waals surface area contributed by atoms with Crippen molar-refractivity contribution in [2.24, 2.45) is 0 Å². The number of hydrogen-bond acceptors (Lipinski definition) is 7. The molecule has 1 unspecified atom stereocenters. The molecule has 1 fully saturated rings. The summed E-state index contributed by atoms with van der Waals surface area (Å²) < 4.78 is 17.2. The minimum absolute atomic E-state index is 0.368. The molecule has 2 aromatic carbocycles. The molecule has 2 aliphatic rings.